The van der Waals surface area contributed by atoms with Gasteiger partial charge in [-0.25, -0.2) is 0 Å². The van der Waals surface area contributed by atoms with Crippen molar-refractivity contribution in [3.05, 3.63) is 144 Å². The molecule has 0 radical (unpaired) electrons. The molecule has 0 saturated carbocycles. The molecule has 0 saturated heterocycles. The van der Waals surface area contributed by atoms with E-state index in [2.05, 4.69) is 129 Å². The Morgan fingerprint density at radius 1 is 0.795 bits per heavy atom. The fourth-order valence-electron chi connectivity index (χ4n) is 7.40. The van der Waals surface area contributed by atoms with Crippen molar-refractivity contribution in [2.75, 3.05) is 0 Å². The maximum Gasteiger partial charge on any atom is 0.140 e. The third kappa shape index (κ3) is 3.55. The third-order valence-corrected chi connectivity index (χ3v) is 9.40. The molecule has 2 heterocycles. The van der Waals surface area contributed by atoms with Crippen LogP contribution in [0.5, 0.6) is 0 Å². The molecule has 0 atom stereocenters. The van der Waals surface area contributed by atoms with Gasteiger partial charge in [-0.05, 0) is 77.7 Å². The highest BCUT2D eigenvalue weighted by molar-refractivity contribution is 6.11. The number of benzene rings is 5. The molecular formula is C41H30N2O. The van der Waals surface area contributed by atoms with Gasteiger partial charge in [-0.1, -0.05) is 87.2 Å². The molecule has 0 amide bonds. The van der Waals surface area contributed by atoms with Crippen LogP contribution in [0.1, 0.15) is 37.5 Å². The lowest BCUT2D eigenvalue weighted by molar-refractivity contribution is 0.616. The molecule has 7 aromatic rings. The van der Waals surface area contributed by atoms with Gasteiger partial charge in [-0.3, -0.25) is 0 Å². The number of furan rings is 1. The van der Waals surface area contributed by atoms with Crippen LogP contribution < -0.4 is 0 Å². The molecule has 2 aromatic heterocycles. The number of fused-ring (bicyclic) bond motifs is 8. The predicted molar refractivity (Wildman–Crippen MR) is 183 cm³/mol. The topological polar surface area (TPSA) is 41.9 Å². The zero-order valence-corrected chi connectivity index (χ0v) is 25.0. The van der Waals surface area contributed by atoms with Gasteiger partial charge in [0, 0.05) is 38.1 Å². The van der Waals surface area contributed by atoms with Crippen molar-refractivity contribution in [1.29, 1.82) is 5.26 Å². The van der Waals surface area contributed by atoms with Crippen molar-refractivity contribution >= 4 is 49.3 Å². The van der Waals surface area contributed by atoms with Crippen LogP contribution in [-0.4, -0.2) is 4.57 Å². The van der Waals surface area contributed by atoms with Crippen LogP contribution >= 0.6 is 0 Å². The van der Waals surface area contributed by atoms with Crippen LogP contribution in [0, 0.1) is 11.3 Å². The lowest BCUT2D eigenvalue weighted by Crippen LogP contribution is -2.16. The molecule has 44 heavy (non-hydrogen) atoms. The summed E-state index contributed by atoms with van der Waals surface area (Å²) >= 11 is 0. The SMILES string of the molecule is C=C/C=C\C1=C(C)c2ccc3c(oc4ccc(-c5cc(C#N)ccc5-n5c6ccccc6c6ccccc65)cc43)c2C1(C)C. The second-order valence-electron chi connectivity index (χ2n) is 12.1. The van der Waals surface area contributed by atoms with Crippen molar-refractivity contribution in [2.45, 2.75) is 26.2 Å². The molecule has 8 rings (SSSR count). The van der Waals surface area contributed by atoms with Gasteiger partial charge in [0.05, 0.1) is 28.4 Å². The van der Waals surface area contributed by atoms with E-state index in [1.54, 1.807) is 0 Å². The molecule has 210 valence electrons. The zero-order chi connectivity index (χ0) is 30.2. The predicted octanol–water partition coefficient (Wildman–Crippen LogP) is 11.0. The van der Waals surface area contributed by atoms with Gasteiger partial charge in [0.15, 0.2) is 0 Å². The Hall–Kier alpha value is -5.59. The van der Waals surface area contributed by atoms with Crippen LogP contribution in [-0.2, 0) is 5.41 Å². The number of allylic oxidation sites excluding steroid dienone is 5. The highest BCUT2D eigenvalue weighted by Crippen LogP contribution is 2.51. The number of nitriles is 1. The lowest BCUT2D eigenvalue weighted by Gasteiger charge is -2.23. The molecule has 0 bridgehead atoms. The molecule has 1 aliphatic carbocycles. The Labute approximate surface area is 256 Å². The third-order valence-electron chi connectivity index (χ3n) is 9.40. The maximum absolute atomic E-state index is 9.90. The van der Waals surface area contributed by atoms with E-state index >= 15 is 0 Å². The summed E-state index contributed by atoms with van der Waals surface area (Å²) in [5, 5.41) is 14.5. The van der Waals surface area contributed by atoms with Gasteiger partial charge < -0.3 is 8.98 Å². The van der Waals surface area contributed by atoms with E-state index in [0.717, 1.165) is 49.8 Å². The molecule has 3 heteroatoms. The molecular weight excluding hydrogens is 536 g/mol. The minimum atomic E-state index is -0.208. The minimum absolute atomic E-state index is 0.208. The summed E-state index contributed by atoms with van der Waals surface area (Å²) < 4.78 is 8.98. The van der Waals surface area contributed by atoms with Crippen molar-refractivity contribution in [1.82, 2.24) is 4.57 Å². The number of para-hydroxylation sites is 2. The number of hydrogen-bond acceptors (Lipinski definition) is 2. The Kier molecular flexibility index (Phi) is 5.60. The van der Waals surface area contributed by atoms with E-state index < -0.39 is 0 Å². The lowest BCUT2D eigenvalue weighted by atomic mass is 9.80. The summed E-state index contributed by atoms with van der Waals surface area (Å²) in [6.07, 6.45) is 6.01. The fourth-order valence-corrected chi connectivity index (χ4v) is 7.40. The second kappa shape index (κ2) is 9.46. The molecule has 1 aliphatic rings. The number of hydrogen-bond donors (Lipinski definition) is 0. The van der Waals surface area contributed by atoms with Crippen LogP contribution in [0.4, 0.5) is 0 Å². The standard InChI is InChI=1S/C41H30N2O/c1-5-6-13-34-25(2)28-18-19-31-33-23-27(17-21-38(33)44-40(31)39(28)41(34,3)4)32-22-26(24-42)16-20-37(32)43-35-14-9-7-11-29(35)30-12-8-10-15-36(30)43/h5-23H,1H2,2-4H3/b13-6-. The zero-order valence-electron chi connectivity index (χ0n) is 25.0. The molecule has 0 aliphatic heterocycles. The van der Waals surface area contributed by atoms with Gasteiger partial charge >= 0.3 is 0 Å². The fraction of sp³-hybridized carbons (Fsp3) is 0.0976. The van der Waals surface area contributed by atoms with Crippen LogP contribution in [0.2, 0.25) is 0 Å². The van der Waals surface area contributed by atoms with Crippen molar-refractivity contribution in [3.8, 4) is 22.9 Å². The first-order valence-corrected chi connectivity index (χ1v) is 15.0. The van der Waals surface area contributed by atoms with E-state index in [4.69, 9.17) is 4.42 Å². The molecule has 0 fully saturated rings. The smallest absolute Gasteiger partial charge is 0.140 e. The summed E-state index contributed by atoms with van der Waals surface area (Å²) in [5.41, 5.74) is 12.6. The van der Waals surface area contributed by atoms with Gasteiger partial charge in [0.25, 0.3) is 0 Å². The number of aromatic nitrogens is 1. The van der Waals surface area contributed by atoms with E-state index in [1.807, 2.05) is 24.3 Å². The van der Waals surface area contributed by atoms with Gasteiger partial charge in [0.1, 0.15) is 11.2 Å². The molecule has 0 unspecified atom stereocenters. The summed E-state index contributed by atoms with van der Waals surface area (Å²) in [5.74, 6) is 0. The first kappa shape index (κ1) is 26.1. The Morgan fingerprint density at radius 2 is 1.52 bits per heavy atom. The minimum Gasteiger partial charge on any atom is -0.456 e. The van der Waals surface area contributed by atoms with Crippen molar-refractivity contribution < 1.29 is 4.42 Å². The second-order valence-corrected chi connectivity index (χ2v) is 12.1. The highest BCUT2D eigenvalue weighted by Gasteiger charge is 2.38. The van der Waals surface area contributed by atoms with E-state index in [-0.39, 0.29) is 5.41 Å². The summed E-state index contributed by atoms with van der Waals surface area (Å²) in [7, 11) is 0. The quantitative estimate of drug-likeness (QED) is 0.199. The monoisotopic (exact) mass is 566 g/mol. The Balaban J connectivity index is 1.37. The molecule has 5 aromatic carbocycles. The van der Waals surface area contributed by atoms with Gasteiger partial charge in [-0.15, -0.1) is 0 Å². The average molecular weight is 567 g/mol. The summed E-state index contributed by atoms with van der Waals surface area (Å²) in [6, 6.07) is 36.2. The number of nitrogens with zero attached hydrogens (tertiary/aromatic N) is 2. The van der Waals surface area contributed by atoms with Crippen molar-refractivity contribution in [2.24, 2.45) is 0 Å². The van der Waals surface area contributed by atoms with Gasteiger partial charge in [-0.2, -0.15) is 5.26 Å². The molecule has 3 nitrogen and oxygen atoms in total. The normalized spacial score (nSPS) is 14.3. The summed E-state index contributed by atoms with van der Waals surface area (Å²) in [6.45, 7) is 10.6. The Bertz CT molecular complexity index is 2400. The van der Waals surface area contributed by atoms with E-state index in [9.17, 15) is 5.26 Å². The first-order valence-electron chi connectivity index (χ1n) is 15.0. The van der Waals surface area contributed by atoms with Crippen LogP contribution in [0.25, 0.3) is 66.1 Å². The highest BCUT2D eigenvalue weighted by atomic mass is 16.3. The van der Waals surface area contributed by atoms with Gasteiger partial charge in [0.2, 0.25) is 0 Å². The maximum atomic E-state index is 9.90. The van der Waals surface area contributed by atoms with Crippen LogP contribution in [0.15, 0.2) is 132 Å². The van der Waals surface area contributed by atoms with Crippen molar-refractivity contribution in [3.63, 3.8) is 0 Å². The Morgan fingerprint density at radius 3 is 2.23 bits per heavy atom. The summed E-state index contributed by atoms with van der Waals surface area (Å²) in [4.78, 5) is 0. The molecule has 0 spiro atoms. The number of rotatable bonds is 4. The van der Waals surface area contributed by atoms with E-state index in [1.165, 1.54) is 33.0 Å². The largest absolute Gasteiger partial charge is 0.456 e. The first-order chi connectivity index (χ1) is 21.4. The average Bonchev–Trinajstić information content (AvgIpc) is 3.65. The van der Waals surface area contributed by atoms with Crippen LogP contribution in [0.3, 0.4) is 0 Å². The molecule has 0 N–H and O–H groups in total. The van der Waals surface area contributed by atoms with E-state index in [0.29, 0.717) is 5.56 Å².